The molecular formula is C6H7N3OS. The van der Waals surface area contributed by atoms with Crippen molar-refractivity contribution in [1.29, 1.82) is 0 Å². The molecule has 0 atom stereocenters. The van der Waals surface area contributed by atoms with E-state index in [-0.39, 0.29) is 4.99 Å². The maximum absolute atomic E-state index is 5.29. The predicted octanol–water partition coefficient (Wildman–Crippen LogP) is 0.119. The monoisotopic (exact) mass is 169 g/mol. The van der Waals surface area contributed by atoms with E-state index in [4.69, 9.17) is 10.5 Å². The largest absolute Gasteiger partial charge is 0.480 e. The van der Waals surface area contributed by atoms with Gasteiger partial charge in [0.25, 0.3) is 0 Å². The molecule has 5 heteroatoms. The molecule has 0 unspecified atom stereocenters. The molecule has 0 bridgehead atoms. The summed E-state index contributed by atoms with van der Waals surface area (Å²) in [6.45, 7) is 0. The molecule has 0 saturated carbocycles. The number of methoxy groups -OCH3 is 1. The van der Waals surface area contributed by atoms with E-state index in [1.54, 1.807) is 12.1 Å². The fourth-order valence-electron chi connectivity index (χ4n) is 0.560. The van der Waals surface area contributed by atoms with Gasteiger partial charge in [0.1, 0.15) is 10.7 Å². The third-order valence-corrected chi connectivity index (χ3v) is 1.31. The van der Waals surface area contributed by atoms with Crippen molar-refractivity contribution in [2.75, 3.05) is 7.11 Å². The van der Waals surface area contributed by atoms with Crippen molar-refractivity contribution < 1.29 is 4.74 Å². The molecule has 11 heavy (non-hydrogen) atoms. The lowest BCUT2D eigenvalue weighted by molar-refractivity contribution is 0.392. The standard InChI is InChI=1S/C6H7N3OS/c1-10-5-3-2-4(6(7)11)8-9-5/h2-3H,1H3,(H2,7,11). The van der Waals surface area contributed by atoms with Gasteiger partial charge in [-0.25, -0.2) is 0 Å². The molecule has 1 aromatic heterocycles. The maximum Gasteiger partial charge on any atom is 0.233 e. The van der Waals surface area contributed by atoms with E-state index in [9.17, 15) is 0 Å². The predicted molar refractivity (Wildman–Crippen MR) is 44.5 cm³/mol. The summed E-state index contributed by atoms with van der Waals surface area (Å²) >= 11 is 4.68. The topological polar surface area (TPSA) is 61.0 Å². The number of ether oxygens (including phenoxy) is 1. The van der Waals surface area contributed by atoms with E-state index in [0.29, 0.717) is 11.6 Å². The second-order valence-electron chi connectivity index (χ2n) is 1.83. The Morgan fingerprint density at radius 3 is 2.64 bits per heavy atom. The first kappa shape index (κ1) is 7.87. The number of hydrogen-bond donors (Lipinski definition) is 1. The lowest BCUT2D eigenvalue weighted by Gasteiger charge is -1.97. The molecule has 4 nitrogen and oxygen atoms in total. The van der Waals surface area contributed by atoms with Gasteiger partial charge in [0.15, 0.2) is 0 Å². The van der Waals surface area contributed by atoms with Gasteiger partial charge in [-0.05, 0) is 6.07 Å². The zero-order chi connectivity index (χ0) is 8.27. The molecule has 58 valence electrons. The van der Waals surface area contributed by atoms with Crippen LogP contribution in [0.4, 0.5) is 0 Å². The van der Waals surface area contributed by atoms with Crippen LogP contribution in [0, 0.1) is 0 Å². The van der Waals surface area contributed by atoms with Crippen molar-refractivity contribution in [3.8, 4) is 5.88 Å². The van der Waals surface area contributed by atoms with E-state index in [0.717, 1.165) is 0 Å². The van der Waals surface area contributed by atoms with Crippen molar-refractivity contribution >= 4 is 17.2 Å². The van der Waals surface area contributed by atoms with Crippen LogP contribution in [0.5, 0.6) is 5.88 Å². The molecular weight excluding hydrogens is 162 g/mol. The van der Waals surface area contributed by atoms with Crippen LogP contribution in [0.1, 0.15) is 5.69 Å². The minimum absolute atomic E-state index is 0.236. The zero-order valence-corrected chi connectivity index (χ0v) is 6.76. The molecule has 1 heterocycles. The summed E-state index contributed by atoms with van der Waals surface area (Å²) in [5.41, 5.74) is 5.79. The summed E-state index contributed by atoms with van der Waals surface area (Å²) in [6.07, 6.45) is 0. The maximum atomic E-state index is 5.29. The van der Waals surface area contributed by atoms with Crippen molar-refractivity contribution in [3.63, 3.8) is 0 Å². The first-order valence-electron chi connectivity index (χ1n) is 2.91. The number of rotatable bonds is 2. The van der Waals surface area contributed by atoms with Crippen LogP contribution in [0.3, 0.4) is 0 Å². The third kappa shape index (κ3) is 1.84. The van der Waals surface area contributed by atoms with E-state index < -0.39 is 0 Å². The molecule has 0 aliphatic carbocycles. The lowest BCUT2D eigenvalue weighted by Crippen LogP contribution is -2.12. The van der Waals surface area contributed by atoms with Gasteiger partial charge < -0.3 is 10.5 Å². The SMILES string of the molecule is COc1ccc(C(N)=S)nn1. The van der Waals surface area contributed by atoms with Crippen LogP contribution in [-0.4, -0.2) is 22.3 Å². The second kappa shape index (κ2) is 3.25. The molecule has 0 aliphatic heterocycles. The number of nitrogens with two attached hydrogens (primary N) is 1. The van der Waals surface area contributed by atoms with Crippen LogP contribution in [-0.2, 0) is 0 Å². The minimum Gasteiger partial charge on any atom is -0.480 e. The molecule has 0 saturated heterocycles. The van der Waals surface area contributed by atoms with Crippen LogP contribution in [0.2, 0.25) is 0 Å². The lowest BCUT2D eigenvalue weighted by atomic mass is 10.4. The molecule has 0 aliphatic rings. The van der Waals surface area contributed by atoms with Gasteiger partial charge in [0.05, 0.1) is 7.11 Å². The number of hydrogen-bond acceptors (Lipinski definition) is 4. The van der Waals surface area contributed by atoms with Gasteiger partial charge in [0, 0.05) is 6.07 Å². The van der Waals surface area contributed by atoms with E-state index in [1.807, 2.05) is 0 Å². The summed E-state index contributed by atoms with van der Waals surface area (Å²) in [7, 11) is 1.52. The van der Waals surface area contributed by atoms with Gasteiger partial charge in [-0.2, -0.15) is 0 Å². The van der Waals surface area contributed by atoms with Crippen LogP contribution >= 0.6 is 12.2 Å². The van der Waals surface area contributed by atoms with Crippen LogP contribution < -0.4 is 10.5 Å². The molecule has 0 radical (unpaired) electrons. The molecule has 0 aromatic carbocycles. The third-order valence-electron chi connectivity index (χ3n) is 1.10. The number of nitrogens with zero attached hydrogens (tertiary/aromatic N) is 2. The summed E-state index contributed by atoms with van der Waals surface area (Å²) in [5, 5.41) is 7.39. The van der Waals surface area contributed by atoms with E-state index in [1.165, 1.54) is 7.11 Å². The Hall–Kier alpha value is -1.23. The highest BCUT2D eigenvalue weighted by molar-refractivity contribution is 7.80. The highest BCUT2D eigenvalue weighted by Crippen LogP contribution is 2.02. The second-order valence-corrected chi connectivity index (χ2v) is 2.27. The van der Waals surface area contributed by atoms with Crippen LogP contribution in [0.25, 0.3) is 0 Å². The molecule has 0 spiro atoms. The van der Waals surface area contributed by atoms with Crippen molar-refractivity contribution in [2.24, 2.45) is 5.73 Å². The molecule has 0 amide bonds. The average molecular weight is 169 g/mol. The van der Waals surface area contributed by atoms with Gasteiger partial charge in [-0.15, -0.1) is 10.2 Å². The van der Waals surface area contributed by atoms with Crippen molar-refractivity contribution in [3.05, 3.63) is 17.8 Å². The quantitative estimate of drug-likeness (QED) is 0.637. The molecule has 2 N–H and O–H groups in total. The van der Waals surface area contributed by atoms with E-state index >= 15 is 0 Å². The Morgan fingerprint density at radius 2 is 2.27 bits per heavy atom. The first-order valence-corrected chi connectivity index (χ1v) is 3.32. The van der Waals surface area contributed by atoms with Gasteiger partial charge in [0.2, 0.25) is 5.88 Å². The highest BCUT2D eigenvalue weighted by Gasteiger charge is 1.98. The smallest absolute Gasteiger partial charge is 0.233 e. The minimum atomic E-state index is 0.236. The Balaban J connectivity index is 2.91. The average Bonchev–Trinajstić information content (AvgIpc) is 2.05. The molecule has 1 rings (SSSR count). The Labute approximate surface area is 69.4 Å². The van der Waals surface area contributed by atoms with Crippen LogP contribution in [0.15, 0.2) is 12.1 Å². The van der Waals surface area contributed by atoms with Gasteiger partial charge in [-0.3, -0.25) is 0 Å². The number of thiocarbonyl (C=S) groups is 1. The summed E-state index contributed by atoms with van der Waals surface area (Å²) in [4.78, 5) is 0.236. The fraction of sp³-hybridized carbons (Fsp3) is 0.167. The number of aromatic nitrogens is 2. The summed E-state index contributed by atoms with van der Waals surface area (Å²) in [6, 6.07) is 3.32. The zero-order valence-electron chi connectivity index (χ0n) is 5.94. The van der Waals surface area contributed by atoms with Crippen molar-refractivity contribution in [1.82, 2.24) is 10.2 Å². The van der Waals surface area contributed by atoms with Gasteiger partial charge >= 0.3 is 0 Å². The Kier molecular flexibility index (Phi) is 2.32. The normalized spacial score (nSPS) is 9.18. The van der Waals surface area contributed by atoms with Crippen molar-refractivity contribution in [2.45, 2.75) is 0 Å². The summed E-state index contributed by atoms with van der Waals surface area (Å²) in [5.74, 6) is 0.449. The highest BCUT2D eigenvalue weighted by atomic mass is 32.1. The Bertz CT molecular complexity index is 259. The molecule has 1 aromatic rings. The first-order chi connectivity index (χ1) is 5.24. The van der Waals surface area contributed by atoms with E-state index in [2.05, 4.69) is 22.4 Å². The summed E-state index contributed by atoms with van der Waals surface area (Å²) < 4.78 is 4.79. The fourth-order valence-corrected chi connectivity index (χ4v) is 0.669. The Morgan fingerprint density at radius 1 is 1.55 bits per heavy atom. The molecule has 0 fully saturated rings. The van der Waals surface area contributed by atoms with Gasteiger partial charge in [-0.1, -0.05) is 12.2 Å².